The van der Waals surface area contributed by atoms with Gasteiger partial charge in [0.05, 0.1) is 5.54 Å². The standard InChI is InChI=1S/C16H28N2O/c17-16(10-4-1-5-11-16)15(19)18-12-6-8-13-7-2-3-9-14(13)18/h13-14H,1-12,17H2. The zero-order chi connectivity index (χ0) is 13.3. The first-order chi connectivity index (χ1) is 9.21. The molecule has 0 aromatic rings. The van der Waals surface area contributed by atoms with Crippen LogP contribution >= 0.6 is 0 Å². The molecule has 0 aromatic carbocycles. The lowest BCUT2D eigenvalue weighted by molar-refractivity contribution is -0.144. The van der Waals surface area contributed by atoms with Gasteiger partial charge in [0.1, 0.15) is 0 Å². The molecule has 2 N–H and O–H groups in total. The van der Waals surface area contributed by atoms with Gasteiger partial charge in [0.25, 0.3) is 0 Å². The van der Waals surface area contributed by atoms with E-state index in [9.17, 15) is 4.79 Å². The highest BCUT2D eigenvalue weighted by Crippen LogP contribution is 2.37. The van der Waals surface area contributed by atoms with Crippen molar-refractivity contribution < 1.29 is 4.79 Å². The van der Waals surface area contributed by atoms with Crippen molar-refractivity contribution in [1.29, 1.82) is 0 Å². The lowest BCUT2D eigenvalue weighted by Gasteiger charge is -2.47. The van der Waals surface area contributed by atoms with Gasteiger partial charge >= 0.3 is 0 Å². The van der Waals surface area contributed by atoms with Crippen molar-refractivity contribution in [3.05, 3.63) is 0 Å². The van der Waals surface area contributed by atoms with E-state index in [0.29, 0.717) is 6.04 Å². The van der Waals surface area contributed by atoms with Gasteiger partial charge in [0.15, 0.2) is 0 Å². The summed E-state index contributed by atoms with van der Waals surface area (Å²) in [4.78, 5) is 15.1. The fourth-order valence-electron chi connectivity index (χ4n) is 4.56. The van der Waals surface area contributed by atoms with Crippen LogP contribution in [0.25, 0.3) is 0 Å². The molecule has 1 aliphatic heterocycles. The van der Waals surface area contributed by atoms with Gasteiger partial charge in [0.2, 0.25) is 5.91 Å². The maximum atomic E-state index is 12.9. The molecule has 2 unspecified atom stereocenters. The molecule has 3 nitrogen and oxygen atoms in total. The third-order valence-corrected chi connectivity index (χ3v) is 5.68. The molecule has 2 aliphatic carbocycles. The summed E-state index contributed by atoms with van der Waals surface area (Å²) in [7, 11) is 0. The first kappa shape index (κ1) is 13.4. The molecule has 0 radical (unpaired) electrons. The van der Waals surface area contributed by atoms with Crippen molar-refractivity contribution in [2.75, 3.05) is 6.54 Å². The normalized spacial score (nSPS) is 34.7. The number of carbonyl (C=O) groups excluding carboxylic acids is 1. The number of nitrogens with zero attached hydrogens (tertiary/aromatic N) is 1. The van der Waals surface area contributed by atoms with Crippen LogP contribution in [-0.2, 0) is 4.79 Å². The van der Waals surface area contributed by atoms with Crippen LogP contribution in [0.3, 0.4) is 0 Å². The summed E-state index contributed by atoms with van der Waals surface area (Å²) in [5.41, 5.74) is 5.93. The fourth-order valence-corrected chi connectivity index (χ4v) is 4.56. The second-order valence-corrected chi connectivity index (χ2v) is 6.97. The van der Waals surface area contributed by atoms with Crippen molar-refractivity contribution in [3.8, 4) is 0 Å². The molecule has 1 heterocycles. The van der Waals surface area contributed by atoms with Crippen LogP contribution < -0.4 is 5.73 Å². The van der Waals surface area contributed by atoms with Gasteiger partial charge in [0, 0.05) is 12.6 Å². The second-order valence-electron chi connectivity index (χ2n) is 6.97. The number of piperidine rings is 1. The molecule has 3 aliphatic rings. The molecule has 2 atom stereocenters. The molecule has 0 aromatic heterocycles. The Hall–Kier alpha value is -0.570. The molecule has 3 fully saturated rings. The van der Waals surface area contributed by atoms with Crippen molar-refractivity contribution in [2.24, 2.45) is 11.7 Å². The summed E-state index contributed by atoms with van der Waals surface area (Å²) < 4.78 is 0. The minimum atomic E-state index is -0.530. The van der Waals surface area contributed by atoms with E-state index in [-0.39, 0.29) is 5.91 Å². The van der Waals surface area contributed by atoms with Crippen molar-refractivity contribution >= 4 is 5.91 Å². The maximum absolute atomic E-state index is 12.9. The van der Waals surface area contributed by atoms with Gasteiger partial charge in [-0.05, 0) is 44.4 Å². The predicted molar refractivity (Wildman–Crippen MR) is 76.7 cm³/mol. The number of nitrogens with two attached hydrogens (primary N) is 1. The van der Waals surface area contributed by atoms with Gasteiger partial charge in [-0.2, -0.15) is 0 Å². The smallest absolute Gasteiger partial charge is 0.242 e. The Morgan fingerprint density at radius 1 is 0.947 bits per heavy atom. The summed E-state index contributed by atoms with van der Waals surface area (Å²) >= 11 is 0. The number of hydrogen-bond acceptors (Lipinski definition) is 2. The van der Waals surface area contributed by atoms with E-state index in [1.54, 1.807) is 0 Å². The van der Waals surface area contributed by atoms with Gasteiger partial charge in [-0.1, -0.05) is 32.1 Å². The summed E-state index contributed by atoms with van der Waals surface area (Å²) in [6.45, 7) is 0.957. The highest BCUT2D eigenvalue weighted by atomic mass is 16.2. The summed E-state index contributed by atoms with van der Waals surface area (Å²) in [6, 6.07) is 0.511. The lowest BCUT2D eigenvalue weighted by atomic mass is 9.76. The molecule has 0 bridgehead atoms. The topological polar surface area (TPSA) is 46.3 Å². The van der Waals surface area contributed by atoms with Crippen LogP contribution in [-0.4, -0.2) is 28.9 Å². The molecule has 0 spiro atoms. The quantitative estimate of drug-likeness (QED) is 0.791. The number of fused-ring (bicyclic) bond motifs is 1. The maximum Gasteiger partial charge on any atom is 0.242 e. The van der Waals surface area contributed by atoms with E-state index in [1.165, 1.54) is 44.9 Å². The Kier molecular flexibility index (Phi) is 3.84. The Morgan fingerprint density at radius 3 is 2.42 bits per heavy atom. The summed E-state index contributed by atoms with van der Waals surface area (Å²) in [5, 5.41) is 0. The van der Waals surface area contributed by atoms with Gasteiger partial charge in [-0.15, -0.1) is 0 Å². The van der Waals surface area contributed by atoms with E-state index >= 15 is 0 Å². The minimum Gasteiger partial charge on any atom is -0.338 e. The van der Waals surface area contributed by atoms with E-state index in [2.05, 4.69) is 4.90 Å². The molecule has 108 valence electrons. The average molecular weight is 264 g/mol. The largest absolute Gasteiger partial charge is 0.338 e. The fraction of sp³-hybridized carbons (Fsp3) is 0.938. The van der Waals surface area contributed by atoms with Gasteiger partial charge in [-0.25, -0.2) is 0 Å². The van der Waals surface area contributed by atoms with E-state index in [0.717, 1.165) is 38.1 Å². The van der Waals surface area contributed by atoms with Crippen LogP contribution in [0, 0.1) is 5.92 Å². The Morgan fingerprint density at radius 2 is 1.63 bits per heavy atom. The number of hydrogen-bond donors (Lipinski definition) is 1. The van der Waals surface area contributed by atoms with Crippen LogP contribution in [0.2, 0.25) is 0 Å². The van der Waals surface area contributed by atoms with Crippen molar-refractivity contribution in [1.82, 2.24) is 4.90 Å². The van der Waals surface area contributed by atoms with Crippen molar-refractivity contribution in [3.63, 3.8) is 0 Å². The third-order valence-electron chi connectivity index (χ3n) is 5.68. The van der Waals surface area contributed by atoms with E-state index in [1.807, 2.05) is 0 Å². The highest BCUT2D eigenvalue weighted by molar-refractivity contribution is 5.86. The van der Waals surface area contributed by atoms with Crippen molar-refractivity contribution in [2.45, 2.75) is 82.2 Å². The Balaban J connectivity index is 1.74. The molecule has 3 heteroatoms. The van der Waals surface area contributed by atoms with Crippen LogP contribution in [0.15, 0.2) is 0 Å². The van der Waals surface area contributed by atoms with Crippen LogP contribution in [0.5, 0.6) is 0 Å². The number of carbonyl (C=O) groups is 1. The summed E-state index contributed by atoms with van der Waals surface area (Å²) in [6.07, 6.45) is 13.0. The molecule has 1 saturated heterocycles. The lowest BCUT2D eigenvalue weighted by Crippen LogP contribution is -2.61. The monoisotopic (exact) mass is 264 g/mol. The number of amides is 1. The first-order valence-corrected chi connectivity index (χ1v) is 8.31. The van der Waals surface area contributed by atoms with Crippen LogP contribution in [0.1, 0.15) is 70.6 Å². The molecule has 3 rings (SSSR count). The van der Waals surface area contributed by atoms with E-state index < -0.39 is 5.54 Å². The van der Waals surface area contributed by atoms with E-state index in [4.69, 9.17) is 5.73 Å². The molecule has 1 amide bonds. The van der Waals surface area contributed by atoms with Gasteiger partial charge in [-0.3, -0.25) is 4.79 Å². The zero-order valence-corrected chi connectivity index (χ0v) is 12.1. The Bertz CT molecular complexity index is 334. The SMILES string of the molecule is NC1(C(=O)N2CCCC3CCCCC32)CCCCC1. The number of likely N-dealkylation sites (tertiary alicyclic amines) is 1. The zero-order valence-electron chi connectivity index (χ0n) is 12.1. The highest BCUT2D eigenvalue weighted by Gasteiger charge is 2.43. The second kappa shape index (κ2) is 5.43. The minimum absolute atomic E-state index is 0.281. The molecular formula is C16H28N2O. The molecular weight excluding hydrogens is 236 g/mol. The summed E-state index contributed by atoms with van der Waals surface area (Å²) in [5.74, 6) is 1.04. The first-order valence-electron chi connectivity index (χ1n) is 8.31. The molecule has 2 saturated carbocycles. The average Bonchev–Trinajstić information content (AvgIpc) is 2.47. The Labute approximate surface area is 116 Å². The number of rotatable bonds is 1. The third kappa shape index (κ3) is 2.54. The van der Waals surface area contributed by atoms with Crippen LogP contribution in [0.4, 0.5) is 0 Å². The van der Waals surface area contributed by atoms with Gasteiger partial charge < -0.3 is 10.6 Å². The molecule has 19 heavy (non-hydrogen) atoms. The predicted octanol–water partition coefficient (Wildman–Crippen LogP) is 2.83.